The Morgan fingerprint density at radius 1 is 0.885 bits per heavy atom. The standard InChI is InChI=1S/C20H26N2O3.ClH/c1-3-13-21-14-15-22-20(23)16-9-5-6-10-17(16)25-19-12-8-7-11-18(19)24-4-2;/h5-12,21H,3-4,13-15H2,1-2H3,(H,22,23);1H. The fourth-order valence-corrected chi connectivity index (χ4v) is 2.33. The van der Waals surface area contributed by atoms with Gasteiger partial charge >= 0.3 is 0 Å². The molecule has 2 aromatic carbocycles. The maximum absolute atomic E-state index is 12.4. The van der Waals surface area contributed by atoms with Crippen LogP contribution in [0.2, 0.25) is 0 Å². The van der Waals surface area contributed by atoms with Crippen molar-refractivity contribution in [1.82, 2.24) is 10.6 Å². The first-order chi connectivity index (χ1) is 12.3. The summed E-state index contributed by atoms with van der Waals surface area (Å²) in [6.45, 7) is 6.85. The number of halogens is 1. The number of ether oxygens (including phenoxy) is 2. The average Bonchev–Trinajstić information content (AvgIpc) is 2.64. The van der Waals surface area contributed by atoms with Crippen molar-refractivity contribution >= 4 is 18.3 Å². The van der Waals surface area contributed by atoms with E-state index in [1.807, 2.05) is 43.3 Å². The van der Waals surface area contributed by atoms with Gasteiger partial charge in [-0.25, -0.2) is 0 Å². The van der Waals surface area contributed by atoms with Crippen molar-refractivity contribution in [1.29, 1.82) is 0 Å². The lowest BCUT2D eigenvalue weighted by Gasteiger charge is -2.14. The molecule has 2 aromatic rings. The number of hydrogen-bond acceptors (Lipinski definition) is 4. The van der Waals surface area contributed by atoms with Crippen LogP contribution in [0.4, 0.5) is 0 Å². The maximum atomic E-state index is 12.4. The summed E-state index contributed by atoms with van der Waals surface area (Å²) in [6, 6.07) is 14.7. The van der Waals surface area contributed by atoms with E-state index in [0.717, 1.165) is 19.5 Å². The van der Waals surface area contributed by atoms with E-state index < -0.39 is 0 Å². The van der Waals surface area contributed by atoms with E-state index in [0.29, 0.717) is 36.0 Å². The van der Waals surface area contributed by atoms with Gasteiger partial charge in [0.15, 0.2) is 11.5 Å². The zero-order valence-corrected chi connectivity index (χ0v) is 16.1. The summed E-state index contributed by atoms with van der Waals surface area (Å²) in [5, 5.41) is 6.17. The van der Waals surface area contributed by atoms with Crippen LogP contribution in [0.25, 0.3) is 0 Å². The molecule has 0 aromatic heterocycles. The van der Waals surface area contributed by atoms with Gasteiger partial charge in [0.25, 0.3) is 5.91 Å². The summed E-state index contributed by atoms with van der Waals surface area (Å²) in [4.78, 5) is 12.4. The lowest BCUT2D eigenvalue weighted by Crippen LogP contribution is -2.32. The highest BCUT2D eigenvalue weighted by Crippen LogP contribution is 2.32. The van der Waals surface area contributed by atoms with Crippen LogP contribution in [0.1, 0.15) is 30.6 Å². The molecule has 26 heavy (non-hydrogen) atoms. The van der Waals surface area contributed by atoms with Gasteiger partial charge in [-0.1, -0.05) is 31.2 Å². The zero-order valence-electron chi connectivity index (χ0n) is 15.3. The predicted octanol–water partition coefficient (Wildman–Crippen LogP) is 4.03. The number of nitrogens with one attached hydrogen (secondary N) is 2. The molecule has 5 nitrogen and oxygen atoms in total. The molecule has 0 bridgehead atoms. The smallest absolute Gasteiger partial charge is 0.255 e. The minimum absolute atomic E-state index is 0. The molecule has 0 fully saturated rings. The van der Waals surface area contributed by atoms with Crippen molar-refractivity contribution in [3.63, 3.8) is 0 Å². The Morgan fingerprint density at radius 3 is 2.23 bits per heavy atom. The van der Waals surface area contributed by atoms with E-state index in [-0.39, 0.29) is 18.3 Å². The molecule has 0 aliphatic rings. The molecule has 2 rings (SSSR count). The molecular formula is C20H27ClN2O3. The lowest BCUT2D eigenvalue weighted by molar-refractivity contribution is 0.0951. The fraction of sp³-hybridized carbons (Fsp3) is 0.350. The molecule has 0 aliphatic heterocycles. The van der Waals surface area contributed by atoms with Crippen LogP contribution in [0.15, 0.2) is 48.5 Å². The topological polar surface area (TPSA) is 59.6 Å². The van der Waals surface area contributed by atoms with Crippen LogP contribution in [0, 0.1) is 0 Å². The molecule has 0 atom stereocenters. The molecule has 0 heterocycles. The molecule has 0 radical (unpaired) electrons. The normalized spacial score (nSPS) is 9.92. The van der Waals surface area contributed by atoms with E-state index in [9.17, 15) is 4.79 Å². The van der Waals surface area contributed by atoms with Gasteiger partial charge in [0, 0.05) is 13.1 Å². The molecule has 142 valence electrons. The molecule has 0 saturated carbocycles. The van der Waals surface area contributed by atoms with Gasteiger partial charge in [-0.3, -0.25) is 4.79 Å². The highest BCUT2D eigenvalue weighted by molar-refractivity contribution is 5.97. The third kappa shape index (κ3) is 6.58. The van der Waals surface area contributed by atoms with Crippen LogP contribution < -0.4 is 20.1 Å². The van der Waals surface area contributed by atoms with Crippen molar-refractivity contribution in [3.8, 4) is 17.2 Å². The molecule has 2 N–H and O–H groups in total. The van der Waals surface area contributed by atoms with Crippen LogP contribution in [0.3, 0.4) is 0 Å². The monoisotopic (exact) mass is 378 g/mol. The van der Waals surface area contributed by atoms with Gasteiger partial charge < -0.3 is 20.1 Å². The minimum Gasteiger partial charge on any atom is -0.490 e. The first-order valence-electron chi connectivity index (χ1n) is 8.73. The first kappa shape index (κ1) is 21.8. The van der Waals surface area contributed by atoms with E-state index in [1.54, 1.807) is 12.1 Å². The number of hydrogen-bond donors (Lipinski definition) is 2. The molecule has 0 saturated heterocycles. The molecular weight excluding hydrogens is 352 g/mol. The zero-order chi connectivity index (χ0) is 17.9. The van der Waals surface area contributed by atoms with Crippen molar-refractivity contribution < 1.29 is 14.3 Å². The summed E-state index contributed by atoms with van der Waals surface area (Å²) < 4.78 is 11.5. The second-order valence-corrected chi connectivity index (χ2v) is 5.48. The van der Waals surface area contributed by atoms with Crippen molar-refractivity contribution in [2.75, 3.05) is 26.2 Å². The van der Waals surface area contributed by atoms with E-state index >= 15 is 0 Å². The number of carbonyl (C=O) groups is 1. The minimum atomic E-state index is -0.150. The Labute approximate surface area is 161 Å². The van der Waals surface area contributed by atoms with Crippen molar-refractivity contribution in [3.05, 3.63) is 54.1 Å². The third-order valence-electron chi connectivity index (χ3n) is 3.51. The van der Waals surface area contributed by atoms with Gasteiger partial charge in [0.05, 0.1) is 12.2 Å². The highest BCUT2D eigenvalue weighted by Gasteiger charge is 2.14. The maximum Gasteiger partial charge on any atom is 0.255 e. The molecule has 0 unspecified atom stereocenters. The van der Waals surface area contributed by atoms with Gasteiger partial charge in [-0.15, -0.1) is 12.4 Å². The molecule has 1 amide bonds. The summed E-state index contributed by atoms with van der Waals surface area (Å²) in [7, 11) is 0. The highest BCUT2D eigenvalue weighted by atomic mass is 35.5. The summed E-state index contributed by atoms with van der Waals surface area (Å²) in [6.07, 6.45) is 1.07. The Morgan fingerprint density at radius 2 is 1.54 bits per heavy atom. The number of amides is 1. The van der Waals surface area contributed by atoms with Crippen LogP contribution >= 0.6 is 12.4 Å². The number of rotatable bonds is 10. The quantitative estimate of drug-likeness (QED) is 0.613. The van der Waals surface area contributed by atoms with Gasteiger partial charge in [0.2, 0.25) is 0 Å². The lowest BCUT2D eigenvalue weighted by atomic mass is 10.2. The van der Waals surface area contributed by atoms with Crippen molar-refractivity contribution in [2.45, 2.75) is 20.3 Å². The largest absolute Gasteiger partial charge is 0.490 e. The second kappa shape index (κ2) is 12.2. The SMILES string of the molecule is CCCNCCNC(=O)c1ccccc1Oc1ccccc1OCC.Cl. The molecule has 6 heteroatoms. The molecule has 0 spiro atoms. The Balaban J connectivity index is 0.00000338. The predicted molar refractivity (Wildman–Crippen MR) is 107 cm³/mol. The average molecular weight is 379 g/mol. The Hall–Kier alpha value is -2.24. The second-order valence-electron chi connectivity index (χ2n) is 5.48. The first-order valence-corrected chi connectivity index (χ1v) is 8.73. The summed E-state index contributed by atoms with van der Waals surface area (Å²) in [5.41, 5.74) is 0.504. The summed E-state index contributed by atoms with van der Waals surface area (Å²) >= 11 is 0. The van der Waals surface area contributed by atoms with Crippen molar-refractivity contribution in [2.24, 2.45) is 0 Å². The van der Waals surface area contributed by atoms with Gasteiger partial charge in [0.1, 0.15) is 5.75 Å². The van der Waals surface area contributed by atoms with E-state index in [4.69, 9.17) is 9.47 Å². The van der Waals surface area contributed by atoms with Gasteiger partial charge in [-0.2, -0.15) is 0 Å². The van der Waals surface area contributed by atoms with Crippen LogP contribution in [0.5, 0.6) is 17.2 Å². The van der Waals surface area contributed by atoms with Gasteiger partial charge in [-0.05, 0) is 44.2 Å². The third-order valence-corrected chi connectivity index (χ3v) is 3.51. The number of para-hydroxylation sites is 3. The number of benzene rings is 2. The summed E-state index contributed by atoms with van der Waals surface area (Å²) in [5.74, 6) is 1.61. The van der Waals surface area contributed by atoms with Crippen LogP contribution in [-0.2, 0) is 0 Å². The number of carbonyl (C=O) groups excluding carboxylic acids is 1. The Kier molecular flexibility index (Phi) is 10.2. The van der Waals surface area contributed by atoms with E-state index in [2.05, 4.69) is 17.6 Å². The molecule has 0 aliphatic carbocycles. The van der Waals surface area contributed by atoms with E-state index in [1.165, 1.54) is 0 Å². The van der Waals surface area contributed by atoms with Crippen LogP contribution in [-0.4, -0.2) is 32.1 Å². The fourth-order valence-electron chi connectivity index (χ4n) is 2.33. The Bertz CT molecular complexity index is 680.